The van der Waals surface area contributed by atoms with Gasteiger partial charge in [-0.2, -0.15) is 0 Å². The Bertz CT molecular complexity index is 694. The van der Waals surface area contributed by atoms with Crippen LogP contribution < -0.4 is 15.0 Å². The minimum Gasteiger partial charge on any atom is -0.497 e. The first-order valence-electron chi connectivity index (χ1n) is 7.99. The van der Waals surface area contributed by atoms with Crippen molar-refractivity contribution >= 4 is 17.3 Å². The quantitative estimate of drug-likeness (QED) is 0.932. The van der Waals surface area contributed by atoms with E-state index in [9.17, 15) is 4.79 Å². The molecule has 1 amide bonds. The zero-order valence-corrected chi connectivity index (χ0v) is 14.0. The number of hydrogen-bond acceptors (Lipinski definition) is 5. The van der Waals surface area contributed by atoms with Crippen LogP contribution >= 0.6 is 0 Å². The summed E-state index contributed by atoms with van der Waals surface area (Å²) in [5, 5.41) is 2.89. The molecule has 1 aromatic carbocycles. The highest BCUT2D eigenvalue weighted by molar-refractivity contribution is 6.04. The molecule has 2 heterocycles. The van der Waals surface area contributed by atoms with Crippen LogP contribution in [0.1, 0.15) is 10.4 Å². The second kappa shape index (κ2) is 7.31. The van der Waals surface area contributed by atoms with E-state index in [4.69, 9.17) is 4.74 Å². The van der Waals surface area contributed by atoms with Gasteiger partial charge in [0.15, 0.2) is 0 Å². The van der Waals surface area contributed by atoms with Gasteiger partial charge in [-0.05, 0) is 37.4 Å². The van der Waals surface area contributed by atoms with E-state index in [2.05, 4.69) is 27.1 Å². The van der Waals surface area contributed by atoms with Crippen LogP contribution in [0, 0.1) is 0 Å². The third kappa shape index (κ3) is 3.83. The average Bonchev–Trinajstić information content (AvgIpc) is 2.63. The summed E-state index contributed by atoms with van der Waals surface area (Å²) in [6.07, 6.45) is 3.41. The largest absolute Gasteiger partial charge is 0.497 e. The predicted molar refractivity (Wildman–Crippen MR) is 94.9 cm³/mol. The number of rotatable bonds is 4. The first kappa shape index (κ1) is 16.3. The zero-order valence-electron chi connectivity index (χ0n) is 14.0. The molecule has 24 heavy (non-hydrogen) atoms. The van der Waals surface area contributed by atoms with Crippen molar-refractivity contribution in [2.45, 2.75) is 0 Å². The van der Waals surface area contributed by atoms with Crippen molar-refractivity contribution in [2.75, 3.05) is 50.6 Å². The van der Waals surface area contributed by atoms with Crippen molar-refractivity contribution in [1.29, 1.82) is 0 Å². The van der Waals surface area contributed by atoms with Crippen LogP contribution in [0.25, 0.3) is 0 Å². The number of piperazine rings is 1. The van der Waals surface area contributed by atoms with Crippen LogP contribution in [0.15, 0.2) is 42.7 Å². The minimum atomic E-state index is -0.163. The summed E-state index contributed by atoms with van der Waals surface area (Å²) in [5.41, 5.74) is 2.28. The fourth-order valence-corrected chi connectivity index (χ4v) is 2.67. The first-order valence-corrected chi connectivity index (χ1v) is 7.99. The van der Waals surface area contributed by atoms with E-state index in [0.717, 1.165) is 43.3 Å². The van der Waals surface area contributed by atoms with Crippen molar-refractivity contribution < 1.29 is 9.53 Å². The number of hydrogen-bond donors (Lipinski definition) is 1. The Labute approximate surface area is 142 Å². The summed E-state index contributed by atoms with van der Waals surface area (Å²) in [4.78, 5) is 21.2. The van der Waals surface area contributed by atoms with Gasteiger partial charge in [-0.1, -0.05) is 0 Å². The average molecular weight is 326 g/mol. The number of carbonyl (C=O) groups excluding carboxylic acids is 1. The fourth-order valence-electron chi connectivity index (χ4n) is 2.67. The van der Waals surface area contributed by atoms with Gasteiger partial charge >= 0.3 is 0 Å². The van der Waals surface area contributed by atoms with E-state index in [-0.39, 0.29) is 5.91 Å². The van der Waals surface area contributed by atoms with Crippen LogP contribution in [-0.2, 0) is 0 Å². The lowest BCUT2D eigenvalue weighted by Gasteiger charge is -2.33. The lowest BCUT2D eigenvalue weighted by atomic mass is 10.2. The number of aromatic nitrogens is 1. The number of likely N-dealkylation sites (N-methyl/N-ethyl adjacent to an activating group) is 1. The number of nitrogens with zero attached hydrogens (tertiary/aromatic N) is 3. The molecule has 1 aromatic heterocycles. The van der Waals surface area contributed by atoms with E-state index in [1.165, 1.54) is 0 Å². The number of carbonyl (C=O) groups is 1. The maximum atomic E-state index is 12.4. The number of nitrogens with one attached hydrogen (secondary N) is 1. The molecule has 1 aliphatic rings. The molecule has 126 valence electrons. The molecule has 6 nitrogen and oxygen atoms in total. The highest BCUT2D eigenvalue weighted by Gasteiger charge is 2.16. The number of pyridine rings is 1. The fraction of sp³-hybridized carbons (Fsp3) is 0.333. The molecule has 0 bridgehead atoms. The second-order valence-corrected chi connectivity index (χ2v) is 5.90. The maximum absolute atomic E-state index is 12.4. The normalized spacial score (nSPS) is 15.2. The third-order valence-corrected chi connectivity index (χ3v) is 4.20. The number of amides is 1. The number of methoxy groups -OCH3 is 1. The lowest BCUT2D eigenvalue weighted by Crippen LogP contribution is -2.44. The van der Waals surface area contributed by atoms with Crippen molar-refractivity contribution in [3.05, 3.63) is 48.3 Å². The van der Waals surface area contributed by atoms with E-state index < -0.39 is 0 Å². The van der Waals surface area contributed by atoms with Gasteiger partial charge in [0.25, 0.3) is 5.91 Å². The van der Waals surface area contributed by atoms with Gasteiger partial charge in [-0.15, -0.1) is 0 Å². The molecule has 0 radical (unpaired) electrons. The van der Waals surface area contributed by atoms with Gasteiger partial charge in [0.1, 0.15) is 5.75 Å². The minimum absolute atomic E-state index is 0.163. The summed E-state index contributed by atoms with van der Waals surface area (Å²) in [5.74, 6) is 0.593. The van der Waals surface area contributed by atoms with Crippen molar-refractivity contribution in [1.82, 2.24) is 9.88 Å². The Morgan fingerprint density at radius 3 is 2.50 bits per heavy atom. The standard InChI is InChI=1S/C18H22N4O2/c1-21-7-9-22(10-8-21)16-11-14(12-19-13-16)18(23)20-15-3-5-17(24-2)6-4-15/h3-6,11-13H,7-10H2,1-2H3,(H,20,23). The lowest BCUT2D eigenvalue weighted by molar-refractivity contribution is 0.102. The van der Waals surface area contributed by atoms with Gasteiger partial charge in [-0.25, -0.2) is 0 Å². The second-order valence-electron chi connectivity index (χ2n) is 5.90. The molecular formula is C18H22N4O2. The Morgan fingerprint density at radius 2 is 1.83 bits per heavy atom. The predicted octanol–water partition coefficient (Wildman–Crippen LogP) is 2.09. The van der Waals surface area contributed by atoms with E-state index >= 15 is 0 Å². The molecule has 1 saturated heterocycles. The summed E-state index contributed by atoms with van der Waals surface area (Å²) in [6, 6.07) is 9.16. The van der Waals surface area contributed by atoms with Gasteiger partial charge in [-0.3, -0.25) is 9.78 Å². The van der Waals surface area contributed by atoms with Crippen LogP contribution in [0.4, 0.5) is 11.4 Å². The highest BCUT2D eigenvalue weighted by atomic mass is 16.5. The van der Waals surface area contributed by atoms with Crippen molar-refractivity contribution in [3.63, 3.8) is 0 Å². The number of anilines is 2. The Morgan fingerprint density at radius 1 is 1.12 bits per heavy atom. The number of ether oxygens (including phenoxy) is 1. The van der Waals surface area contributed by atoms with Crippen LogP contribution in [0.3, 0.4) is 0 Å². The topological polar surface area (TPSA) is 57.7 Å². The molecule has 0 aliphatic carbocycles. The van der Waals surface area contributed by atoms with E-state index in [1.54, 1.807) is 13.3 Å². The Balaban J connectivity index is 1.69. The van der Waals surface area contributed by atoms with Crippen LogP contribution in [0.2, 0.25) is 0 Å². The smallest absolute Gasteiger partial charge is 0.257 e. The monoisotopic (exact) mass is 326 g/mol. The van der Waals surface area contributed by atoms with Gasteiger partial charge in [0.05, 0.1) is 24.6 Å². The SMILES string of the molecule is COc1ccc(NC(=O)c2cncc(N3CCN(C)CC3)c2)cc1. The molecule has 0 unspecified atom stereocenters. The molecule has 6 heteroatoms. The molecule has 1 N–H and O–H groups in total. The molecule has 0 spiro atoms. The maximum Gasteiger partial charge on any atom is 0.257 e. The Kier molecular flexibility index (Phi) is 4.96. The molecule has 3 rings (SSSR count). The molecule has 0 saturated carbocycles. The zero-order chi connectivity index (χ0) is 16.9. The summed E-state index contributed by atoms with van der Waals surface area (Å²) >= 11 is 0. The molecule has 0 atom stereocenters. The summed E-state index contributed by atoms with van der Waals surface area (Å²) in [7, 11) is 3.73. The van der Waals surface area contributed by atoms with Gasteiger partial charge < -0.3 is 19.9 Å². The third-order valence-electron chi connectivity index (χ3n) is 4.20. The van der Waals surface area contributed by atoms with Gasteiger partial charge in [0, 0.05) is 38.1 Å². The molecule has 1 aliphatic heterocycles. The molecule has 2 aromatic rings. The summed E-state index contributed by atoms with van der Waals surface area (Å²) in [6.45, 7) is 3.92. The van der Waals surface area contributed by atoms with Crippen molar-refractivity contribution in [3.8, 4) is 5.75 Å². The summed E-state index contributed by atoms with van der Waals surface area (Å²) < 4.78 is 5.12. The number of benzene rings is 1. The Hall–Kier alpha value is -2.60. The van der Waals surface area contributed by atoms with Crippen molar-refractivity contribution in [2.24, 2.45) is 0 Å². The van der Waals surface area contributed by atoms with Crippen LogP contribution in [0.5, 0.6) is 5.75 Å². The van der Waals surface area contributed by atoms with Crippen LogP contribution in [-0.4, -0.2) is 56.1 Å². The first-order chi connectivity index (χ1) is 11.7. The molecule has 1 fully saturated rings. The van der Waals surface area contributed by atoms with Gasteiger partial charge in [0.2, 0.25) is 0 Å². The van der Waals surface area contributed by atoms with E-state index in [0.29, 0.717) is 5.56 Å². The van der Waals surface area contributed by atoms with E-state index in [1.807, 2.05) is 36.5 Å². The highest BCUT2D eigenvalue weighted by Crippen LogP contribution is 2.19. The molecular weight excluding hydrogens is 304 g/mol.